The molecule has 0 radical (unpaired) electrons. The van der Waals surface area contributed by atoms with E-state index in [1.54, 1.807) is 6.07 Å². The Morgan fingerprint density at radius 1 is 1.50 bits per heavy atom. The second-order valence-electron chi connectivity index (χ2n) is 4.24. The minimum Gasteiger partial charge on any atom is -0.329 e. The standard InChI is InChI=1S/C12H16ClFN2/c13-12-6-10(14)4-3-9(12)8-16-5-1-2-11(16)7-15/h3-4,6,11H,1-2,5,7-8,15H2. The molecule has 1 saturated heterocycles. The number of nitrogens with zero attached hydrogens (tertiary/aromatic N) is 1. The number of hydrogen-bond donors (Lipinski definition) is 1. The van der Waals surface area contributed by atoms with E-state index in [2.05, 4.69) is 4.90 Å². The maximum absolute atomic E-state index is 12.9. The van der Waals surface area contributed by atoms with E-state index in [1.165, 1.54) is 18.6 Å². The van der Waals surface area contributed by atoms with Crippen molar-refractivity contribution >= 4 is 11.6 Å². The fourth-order valence-electron chi connectivity index (χ4n) is 2.24. The summed E-state index contributed by atoms with van der Waals surface area (Å²) in [4.78, 5) is 2.32. The number of nitrogens with two attached hydrogens (primary N) is 1. The van der Waals surface area contributed by atoms with Gasteiger partial charge in [0.2, 0.25) is 0 Å². The lowest BCUT2D eigenvalue weighted by atomic mass is 10.2. The van der Waals surface area contributed by atoms with Gasteiger partial charge in [-0.3, -0.25) is 4.90 Å². The number of likely N-dealkylation sites (tertiary alicyclic amines) is 1. The summed E-state index contributed by atoms with van der Waals surface area (Å²) in [5.41, 5.74) is 6.68. The summed E-state index contributed by atoms with van der Waals surface area (Å²) in [6.07, 6.45) is 2.33. The zero-order chi connectivity index (χ0) is 11.5. The maximum Gasteiger partial charge on any atom is 0.124 e. The van der Waals surface area contributed by atoms with Crippen molar-refractivity contribution in [2.75, 3.05) is 13.1 Å². The first-order valence-corrected chi connectivity index (χ1v) is 5.96. The molecule has 0 amide bonds. The van der Waals surface area contributed by atoms with Gasteiger partial charge in [0.1, 0.15) is 5.82 Å². The first-order chi connectivity index (χ1) is 7.70. The van der Waals surface area contributed by atoms with E-state index < -0.39 is 0 Å². The summed E-state index contributed by atoms with van der Waals surface area (Å²) < 4.78 is 12.9. The summed E-state index contributed by atoms with van der Waals surface area (Å²) in [7, 11) is 0. The predicted octanol–water partition coefficient (Wildman–Crippen LogP) is 2.40. The highest BCUT2D eigenvalue weighted by atomic mass is 35.5. The van der Waals surface area contributed by atoms with Gasteiger partial charge in [0.05, 0.1) is 0 Å². The average molecular weight is 243 g/mol. The second kappa shape index (κ2) is 5.13. The Morgan fingerprint density at radius 3 is 3.00 bits per heavy atom. The molecule has 1 unspecified atom stereocenters. The number of hydrogen-bond acceptors (Lipinski definition) is 2. The minimum absolute atomic E-state index is 0.287. The Balaban J connectivity index is 2.08. The van der Waals surface area contributed by atoms with Crippen LogP contribution in [0.4, 0.5) is 4.39 Å². The van der Waals surface area contributed by atoms with Crippen LogP contribution in [0.1, 0.15) is 18.4 Å². The van der Waals surface area contributed by atoms with Crippen LogP contribution in [0.25, 0.3) is 0 Å². The van der Waals surface area contributed by atoms with Gasteiger partial charge in [-0.1, -0.05) is 17.7 Å². The largest absolute Gasteiger partial charge is 0.329 e. The SMILES string of the molecule is NCC1CCCN1Cc1ccc(F)cc1Cl. The Morgan fingerprint density at radius 2 is 2.31 bits per heavy atom. The third-order valence-electron chi connectivity index (χ3n) is 3.16. The van der Waals surface area contributed by atoms with Crippen molar-refractivity contribution in [1.29, 1.82) is 0 Å². The highest BCUT2D eigenvalue weighted by molar-refractivity contribution is 6.31. The van der Waals surface area contributed by atoms with Crippen molar-refractivity contribution < 1.29 is 4.39 Å². The molecule has 1 aromatic rings. The number of benzene rings is 1. The molecule has 0 bridgehead atoms. The van der Waals surface area contributed by atoms with Crippen LogP contribution in [0.3, 0.4) is 0 Å². The van der Waals surface area contributed by atoms with Crippen molar-refractivity contribution in [2.24, 2.45) is 5.73 Å². The van der Waals surface area contributed by atoms with Crippen molar-refractivity contribution in [2.45, 2.75) is 25.4 Å². The van der Waals surface area contributed by atoms with E-state index in [1.807, 2.05) is 0 Å². The zero-order valence-electron chi connectivity index (χ0n) is 9.13. The molecular formula is C12H16ClFN2. The Labute approximate surface area is 100 Å². The molecule has 1 atom stereocenters. The van der Waals surface area contributed by atoms with Crippen molar-refractivity contribution in [1.82, 2.24) is 4.90 Å². The number of halogens is 2. The molecule has 2 nitrogen and oxygen atoms in total. The van der Waals surface area contributed by atoms with Gasteiger partial charge in [0.15, 0.2) is 0 Å². The topological polar surface area (TPSA) is 29.3 Å². The van der Waals surface area contributed by atoms with Gasteiger partial charge in [-0.25, -0.2) is 4.39 Å². The molecule has 0 aliphatic carbocycles. The maximum atomic E-state index is 12.9. The van der Waals surface area contributed by atoms with E-state index in [0.29, 0.717) is 17.6 Å². The predicted molar refractivity (Wildman–Crippen MR) is 63.9 cm³/mol. The first kappa shape index (κ1) is 11.8. The van der Waals surface area contributed by atoms with Gasteiger partial charge in [-0.05, 0) is 37.1 Å². The Kier molecular flexibility index (Phi) is 3.79. The lowest BCUT2D eigenvalue weighted by Gasteiger charge is -2.23. The van der Waals surface area contributed by atoms with Gasteiger partial charge >= 0.3 is 0 Å². The summed E-state index contributed by atoms with van der Waals surface area (Å²) >= 11 is 6.00. The van der Waals surface area contributed by atoms with Crippen molar-refractivity contribution in [3.05, 3.63) is 34.6 Å². The molecule has 1 fully saturated rings. The van der Waals surface area contributed by atoms with Crippen LogP contribution in [-0.4, -0.2) is 24.0 Å². The van der Waals surface area contributed by atoms with E-state index in [9.17, 15) is 4.39 Å². The Hall–Kier alpha value is -0.640. The van der Waals surface area contributed by atoms with E-state index in [-0.39, 0.29) is 5.82 Å². The van der Waals surface area contributed by atoms with Crippen LogP contribution >= 0.6 is 11.6 Å². The van der Waals surface area contributed by atoms with Crippen LogP contribution in [0.2, 0.25) is 5.02 Å². The molecule has 2 N–H and O–H groups in total. The van der Waals surface area contributed by atoms with Gasteiger partial charge in [0, 0.05) is 24.2 Å². The van der Waals surface area contributed by atoms with Gasteiger partial charge in [-0.2, -0.15) is 0 Å². The monoisotopic (exact) mass is 242 g/mol. The summed E-state index contributed by atoms with van der Waals surface area (Å²) in [5, 5.41) is 0.502. The average Bonchev–Trinajstić information content (AvgIpc) is 2.69. The molecule has 16 heavy (non-hydrogen) atoms. The minimum atomic E-state index is -0.287. The van der Waals surface area contributed by atoms with Gasteiger partial charge in [-0.15, -0.1) is 0 Å². The van der Waals surface area contributed by atoms with Crippen LogP contribution in [-0.2, 0) is 6.54 Å². The van der Waals surface area contributed by atoms with E-state index >= 15 is 0 Å². The summed E-state index contributed by atoms with van der Waals surface area (Å²) in [6.45, 7) is 2.50. The summed E-state index contributed by atoms with van der Waals surface area (Å²) in [5.74, 6) is -0.287. The summed E-state index contributed by atoms with van der Waals surface area (Å²) in [6, 6.07) is 5.02. The molecule has 1 aliphatic rings. The van der Waals surface area contributed by atoms with Gasteiger partial charge in [0.25, 0.3) is 0 Å². The Bertz CT molecular complexity index is 370. The van der Waals surface area contributed by atoms with Crippen molar-refractivity contribution in [3.63, 3.8) is 0 Å². The molecule has 0 saturated carbocycles. The smallest absolute Gasteiger partial charge is 0.124 e. The molecule has 0 aromatic heterocycles. The van der Waals surface area contributed by atoms with E-state index in [4.69, 9.17) is 17.3 Å². The van der Waals surface area contributed by atoms with Crippen LogP contribution in [0.15, 0.2) is 18.2 Å². The molecule has 4 heteroatoms. The third-order valence-corrected chi connectivity index (χ3v) is 3.51. The third kappa shape index (κ3) is 2.54. The molecule has 1 heterocycles. The molecule has 0 spiro atoms. The lowest BCUT2D eigenvalue weighted by Crippen LogP contribution is -2.34. The molecule has 1 aliphatic heterocycles. The highest BCUT2D eigenvalue weighted by Gasteiger charge is 2.23. The highest BCUT2D eigenvalue weighted by Crippen LogP contribution is 2.23. The quantitative estimate of drug-likeness (QED) is 0.882. The van der Waals surface area contributed by atoms with Gasteiger partial charge < -0.3 is 5.73 Å². The lowest BCUT2D eigenvalue weighted by molar-refractivity contribution is 0.250. The molecule has 1 aromatic carbocycles. The molecular weight excluding hydrogens is 227 g/mol. The molecule has 88 valence electrons. The first-order valence-electron chi connectivity index (χ1n) is 5.58. The molecule has 2 rings (SSSR count). The number of rotatable bonds is 3. The van der Waals surface area contributed by atoms with E-state index in [0.717, 1.165) is 25.1 Å². The van der Waals surface area contributed by atoms with Crippen LogP contribution in [0.5, 0.6) is 0 Å². The van der Waals surface area contributed by atoms with Crippen LogP contribution < -0.4 is 5.73 Å². The second-order valence-corrected chi connectivity index (χ2v) is 4.65. The van der Waals surface area contributed by atoms with Crippen LogP contribution in [0, 0.1) is 5.82 Å². The zero-order valence-corrected chi connectivity index (χ0v) is 9.88. The fourth-order valence-corrected chi connectivity index (χ4v) is 2.47. The normalized spacial score (nSPS) is 21.6. The van der Waals surface area contributed by atoms with Crippen molar-refractivity contribution in [3.8, 4) is 0 Å². The fraction of sp³-hybridized carbons (Fsp3) is 0.500.